The first-order chi connectivity index (χ1) is 26.3. The number of benzene rings is 8. The Hall–Kier alpha value is -6.82. The minimum absolute atomic E-state index is 0.702. The van der Waals surface area contributed by atoms with Gasteiger partial charge in [-0.15, -0.1) is 11.3 Å². The smallest absolute Gasteiger partial charge is 0.161 e. The van der Waals surface area contributed by atoms with E-state index >= 15 is 0 Å². The molecule has 0 aliphatic carbocycles. The van der Waals surface area contributed by atoms with Gasteiger partial charge in [0.2, 0.25) is 0 Å². The van der Waals surface area contributed by atoms with E-state index in [-0.39, 0.29) is 0 Å². The van der Waals surface area contributed by atoms with Crippen molar-refractivity contribution in [3.8, 4) is 28.3 Å². The molecule has 0 radical (unpaired) electrons. The summed E-state index contributed by atoms with van der Waals surface area (Å²) in [6.07, 6.45) is 0. The number of thiophene rings is 1. The van der Waals surface area contributed by atoms with Gasteiger partial charge >= 0.3 is 0 Å². The van der Waals surface area contributed by atoms with Gasteiger partial charge in [0.05, 0.1) is 22.2 Å². The van der Waals surface area contributed by atoms with Crippen LogP contribution in [0.1, 0.15) is 0 Å². The molecule has 4 heterocycles. The standard InChI is InChI=1S/C48H27N3OS/c1-2-12-31-28(11-1)22-24-41-45(31)36-16-4-8-18-40(36)51(41)30-26-37-34-14-6-10-20-44(34)53-47(37)38(27-30)48-49-39-17-7-3-15-35(39)46(50-48)29-21-23-33-32-13-5-9-19-42(32)52-43(33)25-29/h1-27H. The quantitative estimate of drug-likeness (QED) is 0.185. The molecule has 0 aliphatic heterocycles. The molecule has 0 unspecified atom stereocenters. The number of hydrogen-bond acceptors (Lipinski definition) is 4. The topological polar surface area (TPSA) is 43.9 Å². The lowest BCUT2D eigenvalue weighted by Crippen LogP contribution is -1.98. The Morgan fingerprint density at radius 2 is 1.23 bits per heavy atom. The van der Waals surface area contributed by atoms with Crippen molar-refractivity contribution in [3.05, 3.63) is 164 Å². The second-order valence-electron chi connectivity index (χ2n) is 13.7. The van der Waals surface area contributed by atoms with Gasteiger partial charge in [-0.3, -0.25) is 0 Å². The van der Waals surface area contributed by atoms with Crippen LogP contribution >= 0.6 is 11.3 Å². The second kappa shape index (κ2) is 10.8. The van der Waals surface area contributed by atoms with Crippen LogP contribution in [0.2, 0.25) is 0 Å². The van der Waals surface area contributed by atoms with E-state index in [1.54, 1.807) is 11.3 Å². The largest absolute Gasteiger partial charge is 0.456 e. The number of aromatic nitrogens is 3. The van der Waals surface area contributed by atoms with Crippen molar-refractivity contribution in [3.63, 3.8) is 0 Å². The van der Waals surface area contributed by atoms with Crippen molar-refractivity contribution in [1.82, 2.24) is 14.5 Å². The summed E-state index contributed by atoms with van der Waals surface area (Å²) in [6, 6.07) is 58.3. The number of para-hydroxylation sites is 3. The van der Waals surface area contributed by atoms with Crippen LogP contribution in [-0.2, 0) is 0 Å². The molecule has 0 N–H and O–H groups in total. The van der Waals surface area contributed by atoms with Crippen LogP contribution in [0.3, 0.4) is 0 Å². The van der Waals surface area contributed by atoms with Crippen molar-refractivity contribution < 1.29 is 4.42 Å². The molecule has 0 fully saturated rings. The molecule has 53 heavy (non-hydrogen) atoms. The molecule has 0 bridgehead atoms. The molecule has 4 nitrogen and oxygen atoms in total. The van der Waals surface area contributed by atoms with Crippen LogP contribution in [0.15, 0.2) is 168 Å². The van der Waals surface area contributed by atoms with E-state index in [1.807, 2.05) is 12.1 Å². The third-order valence-corrected chi connectivity index (χ3v) is 12.0. The summed E-state index contributed by atoms with van der Waals surface area (Å²) in [5.74, 6) is 0.702. The van der Waals surface area contributed by atoms with E-state index < -0.39 is 0 Å². The van der Waals surface area contributed by atoms with Crippen molar-refractivity contribution in [2.45, 2.75) is 0 Å². The van der Waals surface area contributed by atoms with E-state index in [9.17, 15) is 0 Å². The van der Waals surface area contributed by atoms with Crippen molar-refractivity contribution in [2.24, 2.45) is 0 Å². The van der Waals surface area contributed by atoms with Gasteiger partial charge in [-0.05, 0) is 65.4 Å². The van der Waals surface area contributed by atoms with Crippen molar-refractivity contribution in [1.29, 1.82) is 0 Å². The van der Waals surface area contributed by atoms with E-state index in [1.165, 1.54) is 52.8 Å². The minimum atomic E-state index is 0.702. The van der Waals surface area contributed by atoms with Crippen LogP contribution in [0.5, 0.6) is 0 Å². The summed E-state index contributed by atoms with van der Waals surface area (Å²) in [5.41, 5.74) is 8.96. The third-order valence-electron chi connectivity index (χ3n) is 10.8. The number of nitrogens with zero attached hydrogens (tertiary/aromatic N) is 3. The molecule has 0 amide bonds. The van der Waals surface area contributed by atoms with Gasteiger partial charge in [0.15, 0.2) is 5.82 Å². The maximum atomic E-state index is 6.34. The molecule has 5 heteroatoms. The first kappa shape index (κ1) is 28.8. The Morgan fingerprint density at radius 3 is 2.15 bits per heavy atom. The van der Waals surface area contributed by atoms with Gasteiger partial charge in [-0.25, -0.2) is 9.97 Å². The molecular formula is C48H27N3OS. The van der Waals surface area contributed by atoms with Gasteiger partial charge in [-0.1, -0.05) is 109 Å². The highest BCUT2D eigenvalue weighted by Crippen LogP contribution is 2.44. The molecule has 0 saturated heterocycles. The summed E-state index contributed by atoms with van der Waals surface area (Å²) < 4.78 is 11.2. The Balaban J connectivity index is 1.17. The summed E-state index contributed by atoms with van der Waals surface area (Å²) in [4.78, 5) is 10.8. The van der Waals surface area contributed by atoms with E-state index in [4.69, 9.17) is 14.4 Å². The van der Waals surface area contributed by atoms with Gasteiger partial charge < -0.3 is 8.98 Å². The molecule has 0 saturated carbocycles. The van der Waals surface area contributed by atoms with Gasteiger partial charge in [0, 0.05) is 63.9 Å². The molecule has 0 atom stereocenters. The molecular weight excluding hydrogens is 667 g/mol. The molecule has 0 spiro atoms. The summed E-state index contributed by atoms with van der Waals surface area (Å²) >= 11 is 1.81. The predicted octanol–water partition coefficient (Wildman–Crippen LogP) is 13.5. The van der Waals surface area contributed by atoms with Crippen molar-refractivity contribution >= 4 is 96.9 Å². The minimum Gasteiger partial charge on any atom is -0.456 e. The average Bonchev–Trinajstić information content (AvgIpc) is 3.89. The predicted molar refractivity (Wildman–Crippen MR) is 222 cm³/mol. The van der Waals surface area contributed by atoms with Crippen LogP contribution < -0.4 is 0 Å². The van der Waals surface area contributed by atoms with E-state index in [0.717, 1.165) is 55.3 Å². The molecule has 246 valence electrons. The maximum Gasteiger partial charge on any atom is 0.161 e. The maximum absolute atomic E-state index is 6.34. The fraction of sp³-hybridized carbons (Fsp3) is 0. The van der Waals surface area contributed by atoms with Crippen LogP contribution in [0.25, 0.3) is 114 Å². The SMILES string of the molecule is c1ccc2c(c1)ccc1c2c2ccccc2n1-c1cc(-c2nc(-c3ccc4c(c3)oc3ccccc34)c3ccccc3n2)c2sc3ccccc3c2c1. The van der Waals surface area contributed by atoms with Gasteiger partial charge in [-0.2, -0.15) is 0 Å². The van der Waals surface area contributed by atoms with Gasteiger partial charge in [0.25, 0.3) is 0 Å². The highest BCUT2D eigenvalue weighted by Gasteiger charge is 2.21. The lowest BCUT2D eigenvalue weighted by atomic mass is 10.0. The fourth-order valence-corrected chi connectivity index (χ4v) is 9.61. The normalized spacial score (nSPS) is 12.2. The second-order valence-corrected chi connectivity index (χ2v) is 14.8. The zero-order valence-electron chi connectivity index (χ0n) is 28.2. The Bertz CT molecular complexity index is 3480. The highest BCUT2D eigenvalue weighted by atomic mass is 32.1. The fourth-order valence-electron chi connectivity index (χ4n) is 8.41. The molecule has 4 aromatic heterocycles. The Labute approximate surface area is 306 Å². The lowest BCUT2D eigenvalue weighted by Gasteiger charge is -2.14. The Morgan fingerprint density at radius 1 is 0.491 bits per heavy atom. The van der Waals surface area contributed by atoms with Crippen LogP contribution in [0, 0.1) is 0 Å². The lowest BCUT2D eigenvalue weighted by molar-refractivity contribution is 0.669. The van der Waals surface area contributed by atoms with Gasteiger partial charge in [0.1, 0.15) is 11.2 Å². The molecule has 12 rings (SSSR count). The first-order valence-corrected chi connectivity index (χ1v) is 18.6. The Kier molecular flexibility index (Phi) is 5.90. The first-order valence-electron chi connectivity index (χ1n) is 17.8. The molecule has 12 aromatic rings. The number of hydrogen-bond donors (Lipinski definition) is 0. The summed E-state index contributed by atoms with van der Waals surface area (Å²) in [6.45, 7) is 0. The van der Waals surface area contributed by atoms with E-state index in [2.05, 4.69) is 156 Å². The van der Waals surface area contributed by atoms with Crippen molar-refractivity contribution in [2.75, 3.05) is 0 Å². The average molecular weight is 694 g/mol. The number of fused-ring (bicyclic) bond motifs is 12. The number of furan rings is 1. The monoisotopic (exact) mass is 693 g/mol. The molecule has 0 aliphatic rings. The van der Waals surface area contributed by atoms with Crippen LogP contribution in [-0.4, -0.2) is 14.5 Å². The van der Waals surface area contributed by atoms with E-state index in [0.29, 0.717) is 5.82 Å². The number of rotatable bonds is 3. The summed E-state index contributed by atoms with van der Waals surface area (Å²) in [7, 11) is 0. The summed E-state index contributed by atoms with van der Waals surface area (Å²) in [5, 5.41) is 10.6. The highest BCUT2D eigenvalue weighted by molar-refractivity contribution is 7.26. The zero-order valence-corrected chi connectivity index (χ0v) is 29.1. The molecule has 8 aromatic carbocycles. The van der Waals surface area contributed by atoms with Crippen LogP contribution in [0.4, 0.5) is 0 Å². The zero-order chi connectivity index (χ0) is 34.6. The third kappa shape index (κ3) is 4.17.